The van der Waals surface area contributed by atoms with Gasteiger partial charge in [-0.25, -0.2) is 9.97 Å². The van der Waals surface area contributed by atoms with Gasteiger partial charge in [0.25, 0.3) is 0 Å². The van der Waals surface area contributed by atoms with Gasteiger partial charge in [0.15, 0.2) is 5.65 Å². The Kier molecular flexibility index (Phi) is 4.46. The summed E-state index contributed by atoms with van der Waals surface area (Å²) in [4.78, 5) is 8.78. The molecule has 0 radical (unpaired) electrons. The summed E-state index contributed by atoms with van der Waals surface area (Å²) in [6, 6.07) is 12.2. The molecule has 0 aliphatic carbocycles. The van der Waals surface area contributed by atoms with E-state index in [-0.39, 0.29) is 0 Å². The molecule has 0 aliphatic rings. The lowest BCUT2D eigenvalue weighted by Crippen LogP contribution is -2.06. The van der Waals surface area contributed by atoms with Crippen LogP contribution in [0.3, 0.4) is 0 Å². The Morgan fingerprint density at radius 1 is 1.04 bits per heavy atom. The first-order valence-corrected chi connectivity index (χ1v) is 8.79. The van der Waals surface area contributed by atoms with Crippen LogP contribution in [0.2, 0.25) is 0 Å². The van der Waals surface area contributed by atoms with Gasteiger partial charge < -0.3 is 10.1 Å². The zero-order valence-electron chi connectivity index (χ0n) is 15.6. The van der Waals surface area contributed by atoms with Crippen LogP contribution in [0.15, 0.2) is 55.0 Å². The quantitative estimate of drug-likeness (QED) is 0.583. The van der Waals surface area contributed by atoms with E-state index in [1.165, 1.54) is 16.7 Å². The lowest BCUT2D eigenvalue weighted by Gasteiger charge is -2.11. The number of aryl methyl sites for hydroxylation is 2. The van der Waals surface area contributed by atoms with Crippen molar-refractivity contribution in [1.29, 1.82) is 0 Å². The van der Waals surface area contributed by atoms with E-state index >= 15 is 0 Å². The molecule has 1 N–H and O–H groups in total. The Morgan fingerprint density at radius 3 is 2.67 bits per heavy atom. The van der Waals surface area contributed by atoms with E-state index in [4.69, 9.17) is 4.74 Å². The fourth-order valence-electron chi connectivity index (χ4n) is 3.12. The summed E-state index contributed by atoms with van der Waals surface area (Å²) >= 11 is 0. The summed E-state index contributed by atoms with van der Waals surface area (Å²) < 4.78 is 6.95. The highest BCUT2D eigenvalue weighted by Gasteiger charge is 2.11. The minimum absolute atomic E-state index is 0.582. The molecule has 3 heterocycles. The number of hydrogen-bond acceptors (Lipinski definition) is 5. The maximum Gasteiger partial charge on any atom is 0.212 e. The molecule has 136 valence electrons. The average molecular weight is 359 g/mol. The minimum Gasteiger partial charge on any atom is -0.481 e. The third kappa shape index (κ3) is 3.33. The van der Waals surface area contributed by atoms with E-state index in [1.54, 1.807) is 19.5 Å². The zero-order valence-corrected chi connectivity index (χ0v) is 15.6. The Morgan fingerprint density at radius 2 is 1.93 bits per heavy atom. The Hall–Kier alpha value is -3.41. The smallest absolute Gasteiger partial charge is 0.212 e. The Labute approximate surface area is 157 Å². The van der Waals surface area contributed by atoms with E-state index in [2.05, 4.69) is 52.4 Å². The van der Waals surface area contributed by atoms with Gasteiger partial charge in [0.2, 0.25) is 5.88 Å². The molecule has 4 rings (SSSR count). The maximum atomic E-state index is 5.13. The monoisotopic (exact) mass is 359 g/mol. The van der Waals surface area contributed by atoms with Crippen LogP contribution in [0.25, 0.3) is 16.8 Å². The molecular weight excluding hydrogens is 338 g/mol. The lowest BCUT2D eigenvalue weighted by atomic mass is 10.1. The van der Waals surface area contributed by atoms with Gasteiger partial charge in [0.1, 0.15) is 5.82 Å². The second-order valence-corrected chi connectivity index (χ2v) is 6.50. The van der Waals surface area contributed by atoms with E-state index < -0.39 is 0 Å². The first-order chi connectivity index (χ1) is 13.2. The number of rotatable bonds is 5. The molecule has 0 spiro atoms. The number of methoxy groups -OCH3 is 1. The molecule has 0 atom stereocenters. The number of nitrogens with zero attached hydrogens (tertiary/aromatic N) is 4. The fourth-order valence-corrected chi connectivity index (χ4v) is 3.12. The van der Waals surface area contributed by atoms with E-state index in [9.17, 15) is 0 Å². The van der Waals surface area contributed by atoms with Crippen molar-refractivity contribution in [1.82, 2.24) is 19.6 Å². The van der Waals surface area contributed by atoms with Crippen LogP contribution in [-0.4, -0.2) is 26.7 Å². The molecule has 3 aromatic heterocycles. The number of benzene rings is 1. The van der Waals surface area contributed by atoms with Crippen LogP contribution < -0.4 is 10.1 Å². The summed E-state index contributed by atoms with van der Waals surface area (Å²) in [5.41, 5.74) is 6.47. The van der Waals surface area contributed by atoms with Crippen molar-refractivity contribution in [3.63, 3.8) is 0 Å². The molecular formula is C21H21N5O. The normalized spacial score (nSPS) is 10.9. The zero-order chi connectivity index (χ0) is 18.8. The minimum atomic E-state index is 0.582. The number of aromatic nitrogens is 4. The summed E-state index contributed by atoms with van der Waals surface area (Å²) in [5, 5.41) is 7.99. The van der Waals surface area contributed by atoms with Gasteiger partial charge in [-0.15, -0.1) is 0 Å². The average Bonchev–Trinajstić information content (AvgIpc) is 3.12. The molecule has 6 heteroatoms. The second-order valence-electron chi connectivity index (χ2n) is 6.50. The predicted octanol–water partition coefficient (Wildman–Crippen LogP) is 4.03. The van der Waals surface area contributed by atoms with Gasteiger partial charge in [0, 0.05) is 36.1 Å². The standard InChI is InChI=1S/C21H21N5O/c1-14-4-5-16(15(2)10-14)11-23-19-8-9-22-21-18(13-25-26(19)21)17-6-7-20(27-3)24-12-17/h4-10,12-13,23H,11H2,1-3H3. The molecule has 0 amide bonds. The van der Waals surface area contributed by atoms with Crippen molar-refractivity contribution in [3.8, 4) is 17.0 Å². The van der Waals surface area contributed by atoms with Gasteiger partial charge in [0.05, 0.1) is 13.3 Å². The third-order valence-electron chi connectivity index (χ3n) is 4.62. The van der Waals surface area contributed by atoms with Crippen molar-refractivity contribution in [2.75, 3.05) is 12.4 Å². The van der Waals surface area contributed by atoms with Crippen LogP contribution >= 0.6 is 0 Å². The van der Waals surface area contributed by atoms with Gasteiger partial charge in [-0.05, 0) is 37.1 Å². The number of fused-ring (bicyclic) bond motifs is 1. The SMILES string of the molecule is COc1ccc(-c2cnn3c(NCc4ccc(C)cc4C)ccnc23)cn1. The molecule has 4 aromatic rings. The number of nitrogens with one attached hydrogen (secondary N) is 1. The topological polar surface area (TPSA) is 64.3 Å². The van der Waals surface area contributed by atoms with Crippen molar-refractivity contribution in [3.05, 3.63) is 71.7 Å². The van der Waals surface area contributed by atoms with Crippen molar-refractivity contribution in [2.45, 2.75) is 20.4 Å². The third-order valence-corrected chi connectivity index (χ3v) is 4.62. The highest BCUT2D eigenvalue weighted by molar-refractivity contribution is 5.77. The number of ether oxygens (including phenoxy) is 1. The predicted molar refractivity (Wildman–Crippen MR) is 106 cm³/mol. The molecule has 0 bridgehead atoms. The van der Waals surface area contributed by atoms with Crippen molar-refractivity contribution < 1.29 is 4.74 Å². The van der Waals surface area contributed by atoms with Gasteiger partial charge in [-0.2, -0.15) is 9.61 Å². The molecule has 1 aromatic carbocycles. The summed E-state index contributed by atoms with van der Waals surface area (Å²) in [7, 11) is 1.60. The lowest BCUT2D eigenvalue weighted by molar-refractivity contribution is 0.398. The van der Waals surface area contributed by atoms with Crippen LogP contribution in [0.4, 0.5) is 5.82 Å². The second kappa shape index (κ2) is 7.07. The molecule has 0 saturated heterocycles. The molecule has 0 aliphatic heterocycles. The number of anilines is 1. The largest absolute Gasteiger partial charge is 0.481 e. The van der Waals surface area contributed by atoms with E-state index in [0.29, 0.717) is 5.88 Å². The number of pyridine rings is 1. The van der Waals surface area contributed by atoms with Gasteiger partial charge in [-0.3, -0.25) is 0 Å². The Balaban J connectivity index is 1.63. The maximum absolute atomic E-state index is 5.13. The first kappa shape index (κ1) is 17.0. The van der Waals surface area contributed by atoms with Crippen LogP contribution in [0, 0.1) is 13.8 Å². The Bertz CT molecular complexity index is 1090. The van der Waals surface area contributed by atoms with Gasteiger partial charge >= 0.3 is 0 Å². The summed E-state index contributed by atoms with van der Waals surface area (Å²) in [5.74, 6) is 1.48. The highest BCUT2D eigenvalue weighted by Crippen LogP contribution is 2.25. The van der Waals surface area contributed by atoms with Crippen LogP contribution in [-0.2, 0) is 6.54 Å². The highest BCUT2D eigenvalue weighted by atomic mass is 16.5. The van der Waals surface area contributed by atoms with E-state index in [0.717, 1.165) is 29.1 Å². The van der Waals surface area contributed by atoms with E-state index in [1.807, 2.05) is 28.9 Å². The molecule has 0 fully saturated rings. The summed E-state index contributed by atoms with van der Waals surface area (Å²) in [6.45, 7) is 4.97. The van der Waals surface area contributed by atoms with Crippen molar-refractivity contribution >= 4 is 11.5 Å². The molecule has 0 saturated carbocycles. The van der Waals surface area contributed by atoms with Gasteiger partial charge in [-0.1, -0.05) is 23.8 Å². The van der Waals surface area contributed by atoms with Crippen LogP contribution in [0.5, 0.6) is 5.88 Å². The molecule has 6 nitrogen and oxygen atoms in total. The molecule has 27 heavy (non-hydrogen) atoms. The van der Waals surface area contributed by atoms with Crippen LogP contribution in [0.1, 0.15) is 16.7 Å². The summed E-state index contributed by atoms with van der Waals surface area (Å²) in [6.07, 6.45) is 5.38. The number of hydrogen-bond donors (Lipinski definition) is 1. The fraction of sp³-hybridized carbons (Fsp3) is 0.190. The molecule has 0 unspecified atom stereocenters. The van der Waals surface area contributed by atoms with Crippen molar-refractivity contribution in [2.24, 2.45) is 0 Å². The first-order valence-electron chi connectivity index (χ1n) is 8.79.